The quantitative estimate of drug-likeness (QED) is 0.743. The first-order valence-corrected chi connectivity index (χ1v) is 7.19. The fraction of sp³-hybridized carbons (Fsp3) is 0.263. The molecule has 0 saturated carbocycles. The summed E-state index contributed by atoms with van der Waals surface area (Å²) in [5.74, 6) is 0.580. The lowest BCUT2D eigenvalue weighted by atomic mass is 9.90. The highest BCUT2D eigenvalue weighted by Crippen LogP contribution is 2.35. The molecular weight excluding hydrogens is 260 g/mol. The lowest BCUT2D eigenvalue weighted by molar-refractivity contribution is 0.0785. The first-order chi connectivity index (χ1) is 9.88. The van der Waals surface area contributed by atoms with E-state index in [4.69, 9.17) is 4.42 Å². The van der Waals surface area contributed by atoms with Gasteiger partial charge >= 0.3 is 0 Å². The van der Waals surface area contributed by atoms with Gasteiger partial charge in [-0.05, 0) is 44.9 Å². The Labute approximate surface area is 125 Å². The topological polar surface area (TPSA) is 33.4 Å². The molecule has 1 atom stereocenters. The van der Waals surface area contributed by atoms with Gasteiger partial charge in [0.2, 0.25) is 0 Å². The van der Waals surface area contributed by atoms with E-state index in [2.05, 4.69) is 6.07 Å². The van der Waals surface area contributed by atoms with Crippen molar-refractivity contribution in [1.82, 2.24) is 0 Å². The number of para-hydroxylation sites is 1. The number of benzene rings is 2. The number of fused-ring (bicyclic) bond motifs is 1. The smallest absolute Gasteiger partial charge is 0.144 e. The number of aliphatic hydroxyl groups is 1. The van der Waals surface area contributed by atoms with Crippen molar-refractivity contribution >= 4 is 11.0 Å². The average Bonchev–Trinajstić information content (AvgIpc) is 2.83. The molecule has 0 radical (unpaired) electrons. The van der Waals surface area contributed by atoms with Crippen LogP contribution in [-0.4, -0.2) is 5.11 Å². The zero-order valence-electron chi connectivity index (χ0n) is 12.9. The van der Waals surface area contributed by atoms with Gasteiger partial charge in [0.25, 0.3) is 0 Å². The molecular formula is C19H20O2. The fourth-order valence-electron chi connectivity index (χ4n) is 2.85. The number of furan rings is 1. The zero-order valence-corrected chi connectivity index (χ0v) is 12.9. The zero-order chi connectivity index (χ0) is 15.2. The Morgan fingerprint density at radius 3 is 2.24 bits per heavy atom. The van der Waals surface area contributed by atoms with Crippen LogP contribution in [0.2, 0.25) is 0 Å². The summed E-state index contributed by atoms with van der Waals surface area (Å²) in [5.41, 5.74) is 3.92. The van der Waals surface area contributed by atoms with Gasteiger partial charge in [-0.1, -0.05) is 47.5 Å². The molecule has 3 aromatic rings. The summed E-state index contributed by atoms with van der Waals surface area (Å²) in [4.78, 5) is 0. The van der Waals surface area contributed by atoms with E-state index in [1.165, 1.54) is 0 Å². The van der Waals surface area contributed by atoms with Crippen molar-refractivity contribution in [3.05, 3.63) is 70.5 Å². The van der Waals surface area contributed by atoms with Crippen LogP contribution in [-0.2, 0) is 5.60 Å². The first-order valence-electron chi connectivity index (χ1n) is 7.19. The molecule has 1 N–H and O–H groups in total. The van der Waals surface area contributed by atoms with Gasteiger partial charge in [-0.2, -0.15) is 0 Å². The molecule has 21 heavy (non-hydrogen) atoms. The van der Waals surface area contributed by atoms with Crippen LogP contribution in [0.25, 0.3) is 11.0 Å². The molecule has 0 saturated heterocycles. The lowest BCUT2D eigenvalue weighted by Crippen LogP contribution is -2.22. The highest BCUT2D eigenvalue weighted by molar-refractivity contribution is 5.81. The standard InChI is InChI=1S/C19H20O2/c1-12-8-13(2)10-16(9-12)19(4,20)17-11-15-7-5-6-14(3)18(15)21-17/h5-11,20H,1-4H3. The molecule has 3 rings (SSSR count). The number of aryl methyl sites for hydroxylation is 3. The maximum atomic E-state index is 11.0. The van der Waals surface area contributed by atoms with E-state index >= 15 is 0 Å². The van der Waals surface area contributed by atoms with Crippen molar-refractivity contribution in [2.75, 3.05) is 0 Å². The van der Waals surface area contributed by atoms with E-state index in [0.29, 0.717) is 5.76 Å². The Morgan fingerprint density at radius 2 is 1.62 bits per heavy atom. The second-order valence-corrected chi connectivity index (χ2v) is 6.05. The van der Waals surface area contributed by atoms with Gasteiger partial charge < -0.3 is 9.52 Å². The summed E-state index contributed by atoms with van der Waals surface area (Å²) in [6, 6.07) is 14.1. The minimum absolute atomic E-state index is 0.580. The van der Waals surface area contributed by atoms with Crippen LogP contribution < -0.4 is 0 Å². The van der Waals surface area contributed by atoms with Crippen molar-refractivity contribution in [2.45, 2.75) is 33.3 Å². The Bertz CT molecular complexity index is 789. The SMILES string of the molecule is Cc1cc(C)cc(C(C)(O)c2cc3cccc(C)c3o2)c1. The molecule has 1 aromatic heterocycles. The average molecular weight is 280 g/mol. The maximum Gasteiger partial charge on any atom is 0.144 e. The second-order valence-electron chi connectivity index (χ2n) is 6.05. The summed E-state index contributed by atoms with van der Waals surface area (Å²) in [6.45, 7) is 7.88. The third-order valence-electron chi connectivity index (χ3n) is 4.00. The van der Waals surface area contributed by atoms with Crippen LogP contribution in [0, 0.1) is 20.8 Å². The van der Waals surface area contributed by atoms with Gasteiger partial charge in [-0.15, -0.1) is 0 Å². The van der Waals surface area contributed by atoms with Gasteiger partial charge in [-0.25, -0.2) is 0 Å². The van der Waals surface area contributed by atoms with Crippen LogP contribution in [0.4, 0.5) is 0 Å². The third kappa shape index (κ3) is 2.36. The summed E-state index contributed by atoms with van der Waals surface area (Å²) in [7, 11) is 0. The summed E-state index contributed by atoms with van der Waals surface area (Å²) >= 11 is 0. The molecule has 1 heterocycles. The van der Waals surface area contributed by atoms with Crippen molar-refractivity contribution in [2.24, 2.45) is 0 Å². The molecule has 0 aliphatic carbocycles. The van der Waals surface area contributed by atoms with Crippen molar-refractivity contribution in [3.8, 4) is 0 Å². The van der Waals surface area contributed by atoms with Crippen LogP contribution in [0.5, 0.6) is 0 Å². The molecule has 0 aliphatic heterocycles. The summed E-state index contributed by atoms with van der Waals surface area (Å²) in [5, 5.41) is 12.0. The van der Waals surface area contributed by atoms with Crippen LogP contribution in [0.15, 0.2) is 46.9 Å². The van der Waals surface area contributed by atoms with Gasteiger partial charge in [0, 0.05) is 5.39 Å². The van der Waals surface area contributed by atoms with Crippen molar-refractivity contribution in [3.63, 3.8) is 0 Å². The molecule has 2 aromatic carbocycles. The normalized spacial score (nSPS) is 14.3. The molecule has 0 bridgehead atoms. The summed E-state index contributed by atoms with van der Waals surface area (Å²) in [6.07, 6.45) is 0. The minimum atomic E-state index is -1.14. The van der Waals surface area contributed by atoms with E-state index in [9.17, 15) is 5.11 Å². The monoisotopic (exact) mass is 280 g/mol. The fourth-order valence-corrected chi connectivity index (χ4v) is 2.85. The van der Waals surface area contributed by atoms with Gasteiger partial charge in [0.1, 0.15) is 16.9 Å². The maximum absolute atomic E-state index is 11.0. The second kappa shape index (κ2) is 4.74. The Morgan fingerprint density at radius 1 is 0.952 bits per heavy atom. The van der Waals surface area contributed by atoms with Gasteiger partial charge in [0.05, 0.1) is 0 Å². The molecule has 0 aliphatic rings. The van der Waals surface area contributed by atoms with Crippen molar-refractivity contribution < 1.29 is 9.52 Å². The largest absolute Gasteiger partial charge is 0.457 e. The third-order valence-corrected chi connectivity index (χ3v) is 4.00. The predicted octanol–water partition coefficient (Wildman–Crippen LogP) is 4.61. The lowest BCUT2D eigenvalue weighted by Gasteiger charge is -2.22. The van der Waals surface area contributed by atoms with E-state index in [-0.39, 0.29) is 0 Å². The molecule has 0 amide bonds. The molecule has 0 spiro atoms. The van der Waals surface area contributed by atoms with Crippen LogP contribution in [0.1, 0.15) is 34.9 Å². The molecule has 2 heteroatoms. The Hall–Kier alpha value is -2.06. The Kier molecular flexibility index (Phi) is 3.14. The minimum Gasteiger partial charge on any atom is -0.457 e. The van der Waals surface area contributed by atoms with Crippen LogP contribution in [0.3, 0.4) is 0 Å². The van der Waals surface area contributed by atoms with E-state index in [1.807, 2.05) is 57.2 Å². The van der Waals surface area contributed by atoms with Crippen molar-refractivity contribution in [1.29, 1.82) is 0 Å². The molecule has 0 fully saturated rings. The molecule has 1 unspecified atom stereocenters. The van der Waals surface area contributed by atoms with Gasteiger partial charge in [-0.3, -0.25) is 0 Å². The van der Waals surface area contributed by atoms with Gasteiger partial charge in [0.15, 0.2) is 0 Å². The van der Waals surface area contributed by atoms with E-state index < -0.39 is 5.60 Å². The van der Waals surface area contributed by atoms with E-state index in [1.54, 1.807) is 6.92 Å². The highest BCUT2D eigenvalue weighted by atomic mass is 16.4. The summed E-state index contributed by atoms with van der Waals surface area (Å²) < 4.78 is 5.95. The first kappa shape index (κ1) is 13.9. The Balaban J connectivity index is 2.17. The molecule has 108 valence electrons. The highest BCUT2D eigenvalue weighted by Gasteiger charge is 2.30. The number of hydrogen-bond acceptors (Lipinski definition) is 2. The molecule has 2 nitrogen and oxygen atoms in total. The number of hydrogen-bond donors (Lipinski definition) is 1. The predicted molar refractivity (Wildman–Crippen MR) is 85.5 cm³/mol. The number of rotatable bonds is 2. The van der Waals surface area contributed by atoms with E-state index in [0.717, 1.165) is 33.2 Å². The van der Waals surface area contributed by atoms with Crippen LogP contribution >= 0.6 is 0 Å².